The highest BCUT2D eigenvalue weighted by Crippen LogP contribution is 2.53. The van der Waals surface area contributed by atoms with Crippen molar-refractivity contribution in [1.82, 2.24) is 9.62 Å². The molecule has 2 saturated heterocycles. The zero-order valence-electron chi connectivity index (χ0n) is 13.4. The van der Waals surface area contributed by atoms with Crippen molar-refractivity contribution >= 4 is 31.2 Å². The molecule has 8 atom stereocenters. The quantitative estimate of drug-likeness (QED) is 0.290. The molecule has 2 heterocycles. The molecule has 2 aliphatic heterocycles. The third-order valence-electron chi connectivity index (χ3n) is 7.16. The van der Waals surface area contributed by atoms with E-state index >= 15 is 0 Å². The molecular weight excluding hydrogens is 319 g/mol. The van der Waals surface area contributed by atoms with E-state index in [2.05, 4.69) is 11.8 Å². The summed E-state index contributed by atoms with van der Waals surface area (Å²) in [5.41, 5.74) is 0. The normalized spacial score (nSPS) is 47.7. The molecule has 0 N–H and O–H groups in total. The fourth-order valence-corrected chi connectivity index (χ4v) is 6.08. The van der Waals surface area contributed by atoms with Gasteiger partial charge in [0.25, 0.3) is 0 Å². The number of carbonyl (C=O) groups is 4. The number of rotatable bonds is 2. The van der Waals surface area contributed by atoms with Crippen LogP contribution in [-0.2, 0) is 19.2 Å². The maximum absolute atomic E-state index is 12.8. The zero-order valence-corrected chi connectivity index (χ0v) is 13.4. The standard InChI is InChI=1S/C18H15BN2O4/c22-15-11-7-1-2-8(5-7)12(11)16(23)20(15)19-21-17(24)13-9-3-4-10(6-9)14(13)18(21)25/h1-2,7-14,19H,5-6H2. The summed E-state index contributed by atoms with van der Waals surface area (Å²) < 4.78 is 0. The van der Waals surface area contributed by atoms with E-state index in [0.29, 0.717) is 0 Å². The highest BCUT2D eigenvalue weighted by Gasteiger charge is 2.63. The van der Waals surface area contributed by atoms with Gasteiger partial charge in [0, 0.05) is 11.8 Å². The Morgan fingerprint density at radius 3 is 1.64 bits per heavy atom. The van der Waals surface area contributed by atoms with Crippen molar-refractivity contribution < 1.29 is 19.2 Å². The zero-order chi connectivity index (χ0) is 17.0. The lowest BCUT2D eigenvalue weighted by Gasteiger charge is -2.22. The van der Waals surface area contributed by atoms with Gasteiger partial charge in [-0.25, -0.2) is 0 Å². The number of amides is 4. The second-order valence-corrected chi connectivity index (χ2v) is 8.14. The molecule has 6 nitrogen and oxygen atoms in total. The second kappa shape index (κ2) is 4.24. The number of imide groups is 2. The largest absolute Gasteiger partial charge is 0.376 e. The number of nitrogens with zero attached hydrogens (tertiary/aromatic N) is 2. The highest BCUT2D eigenvalue weighted by molar-refractivity contribution is 6.49. The van der Waals surface area contributed by atoms with Gasteiger partial charge in [-0.1, -0.05) is 24.0 Å². The molecule has 4 bridgehead atoms. The molecule has 4 amide bonds. The predicted molar refractivity (Wildman–Crippen MR) is 84.9 cm³/mol. The first-order valence-electron chi connectivity index (χ1n) is 8.96. The minimum atomic E-state index is -0.371. The monoisotopic (exact) mass is 334 g/mol. The summed E-state index contributed by atoms with van der Waals surface area (Å²) in [5.74, 6) is 4.01. The van der Waals surface area contributed by atoms with Gasteiger partial charge in [0.1, 0.15) is 0 Å². The van der Waals surface area contributed by atoms with Crippen molar-refractivity contribution in [3.8, 4) is 11.8 Å². The Morgan fingerprint density at radius 2 is 1.16 bits per heavy atom. The van der Waals surface area contributed by atoms with E-state index in [0.717, 1.165) is 22.5 Å². The van der Waals surface area contributed by atoms with Crippen LogP contribution in [0.2, 0.25) is 0 Å². The summed E-state index contributed by atoms with van der Waals surface area (Å²) in [6.07, 6.45) is 5.70. The van der Waals surface area contributed by atoms with E-state index in [1.54, 1.807) is 0 Å². The van der Waals surface area contributed by atoms with Crippen LogP contribution in [0.5, 0.6) is 0 Å². The molecule has 6 rings (SSSR count). The van der Waals surface area contributed by atoms with Crippen molar-refractivity contribution in [1.29, 1.82) is 0 Å². The summed E-state index contributed by atoms with van der Waals surface area (Å²) in [7, 11) is -0.214. The molecule has 0 aromatic heterocycles. The number of carbonyl (C=O) groups excluding carboxylic acids is 4. The van der Waals surface area contributed by atoms with Gasteiger partial charge in [-0.15, -0.1) is 0 Å². The van der Waals surface area contributed by atoms with Crippen LogP contribution in [0.25, 0.3) is 0 Å². The molecule has 25 heavy (non-hydrogen) atoms. The third kappa shape index (κ3) is 1.46. The SMILES string of the molecule is O=C1C2C3C#CC(C3)C2C(=O)N1BN1C(=O)C2C3C=CC(C3)C2C1=O. The van der Waals surface area contributed by atoms with Crippen molar-refractivity contribution in [3.63, 3.8) is 0 Å². The lowest BCUT2D eigenvalue weighted by atomic mass is 9.85. The van der Waals surface area contributed by atoms with E-state index in [9.17, 15) is 19.2 Å². The van der Waals surface area contributed by atoms with Crippen molar-refractivity contribution in [3.05, 3.63) is 12.2 Å². The van der Waals surface area contributed by atoms with E-state index in [4.69, 9.17) is 0 Å². The molecule has 0 aromatic rings. The average Bonchev–Trinajstić information content (AvgIpc) is 3.40. The van der Waals surface area contributed by atoms with E-state index in [1.165, 1.54) is 0 Å². The Balaban J connectivity index is 1.28. The van der Waals surface area contributed by atoms with Crippen LogP contribution in [0.15, 0.2) is 12.2 Å². The maximum Gasteiger partial charge on any atom is 0.376 e. The molecule has 124 valence electrons. The highest BCUT2D eigenvalue weighted by atomic mass is 16.2. The summed E-state index contributed by atoms with van der Waals surface area (Å²) in [6.45, 7) is 0. The van der Waals surface area contributed by atoms with Crippen LogP contribution < -0.4 is 0 Å². The van der Waals surface area contributed by atoms with Crippen molar-refractivity contribution in [2.45, 2.75) is 12.8 Å². The molecule has 0 radical (unpaired) electrons. The lowest BCUT2D eigenvalue weighted by molar-refractivity contribution is -0.137. The van der Waals surface area contributed by atoms with Gasteiger partial charge in [0.2, 0.25) is 23.6 Å². The van der Waals surface area contributed by atoms with Crippen LogP contribution in [0, 0.1) is 59.2 Å². The van der Waals surface area contributed by atoms with Gasteiger partial charge in [0.15, 0.2) is 0 Å². The molecule has 4 fully saturated rings. The van der Waals surface area contributed by atoms with Crippen LogP contribution >= 0.6 is 0 Å². The number of hydrogen-bond donors (Lipinski definition) is 0. The summed E-state index contributed by atoms with van der Waals surface area (Å²) >= 11 is 0. The van der Waals surface area contributed by atoms with E-state index in [1.807, 2.05) is 12.2 Å². The summed E-state index contributed by atoms with van der Waals surface area (Å²) in [6, 6.07) is 0. The Morgan fingerprint density at radius 1 is 0.720 bits per heavy atom. The molecule has 0 aromatic carbocycles. The van der Waals surface area contributed by atoms with Crippen molar-refractivity contribution in [2.24, 2.45) is 47.3 Å². The van der Waals surface area contributed by atoms with Crippen LogP contribution in [0.1, 0.15) is 12.8 Å². The van der Waals surface area contributed by atoms with Gasteiger partial charge in [-0.05, 0) is 24.7 Å². The average molecular weight is 334 g/mol. The maximum atomic E-state index is 12.8. The molecule has 8 unspecified atom stereocenters. The van der Waals surface area contributed by atoms with Gasteiger partial charge in [-0.2, -0.15) is 0 Å². The molecule has 4 aliphatic carbocycles. The predicted octanol–water partition coefficient (Wildman–Crippen LogP) is -0.686. The van der Waals surface area contributed by atoms with Crippen LogP contribution in [0.4, 0.5) is 0 Å². The Bertz CT molecular complexity index is 808. The topological polar surface area (TPSA) is 74.8 Å². The first-order chi connectivity index (χ1) is 12.1. The molecular formula is C18H15BN2O4. The Hall–Kier alpha value is -2.36. The van der Waals surface area contributed by atoms with Crippen LogP contribution in [0.3, 0.4) is 0 Å². The number of allylic oxidation sites excluding steroid dienone is 2. The van der Waals surface area contributed by atoms with Gasteiger partial charge >= 0.3 is 7.55 Å². The van der Waals surface area contributed by atoms with E-state index < -0.39 is 0 Å². The lowest BCUT2D eigenvalue weighted by Crippen LogP contribution is -2.49. The molecule has 0 spiro atoms. The van der Waals surface area contributed by atoms with Gasteiger partial charge in [-0.3, -0.25) is 19.2 Å². The summed E-state index contributed by atoms with van der Waals surface area (Å²) in [4.78, 5) is 53.3. The van der Waals surface area contributed by atoms with Gasteiger partial charge < -0.3 is 9.62 Å². The van der Waals surface area contributed by atoms with E-state index in [-0.39, 0.29) is 78.5 Å². The van der Waals surface area contributed by atoms with Crippen LogP contribution in [-0.4, -0.2) is 40.8 Å². The second-order valence-electron chi connectivity index (χ2n) is 8.14. The first kappa shape index (κ1) is 13.9. The first-order valence-corrected chi connectivity index (χ1v) is 8.96. The van der Waals surface area contributed by atoms with Gasteiger partial charge in [0.05, 0.1) is 23.7 Å². The third-order valence-corrected chi connectivity index (χ3v) is 7.16. The van der Waals surface area contributed by atoms with Crippen molar-refractivity contribution in [2.75, 3.05) is 0 Å². The Kier molecular flexibility index (Phi) is 2.35. The fourth-order valence-electron chi connectivity index (χ4n) is 6.08. The molecule has 7 heteroatoms. The Labute approximate surface area is 144 Å². The summed E-state index contributed by atoms with van der Waals surface area (Å²) in [5, 5.41) is 0. The fraction of sp³-hybridized carbons (Fsp3) is 0.556. The smallest absolute Gasteiger partial charge is 0.309 e. The minimum Gasteiger partial charge on any atom is -0.309 e. The number of hydrogen-bond acceptors (Lipinski definition) is 4. The number of fused-ring (bicyclic) bond motifs is 10. The minimum absolute atomic E-state index is 0.0409. The molecule has 6 aliphatic rings. The molecule has 2 saturated carbocycles.